The number of esters is 1. The molecule has 0 aliphatic carbocycles. The van der Waals surface area contributed by atoms with Crippen molar-refractivity contribution in [2.45, 2.75) is 40.7 Å². The van der Waals surface area contributed by atoms with Gasteiger partial charge in [-0.3, -0.25) is 10.2 Å². The molecule has 1 unspecified atom stereocenters. The third kappa shape index (κ3) is 3.99. The summed E-state index contributed by atoms with van der Waals surface area (Å²) in [6.07, 6.45) is 0. The summed E-state index contributed by atoms with van der Waals surface area (Å²) in [6, 6.07) is 12.2. The predicted molar refractivity (Wildman–Crippen MR) is 117 cm³/mol. The Morgan fingerprint density at radius 2 is 1.46 bits per heavy atom. The number of anilines is 2. The first-order chi connectivity index (χ1) is 12.8. The highest BCUT2D eigenvalue weighted by molar-refractivity contribution is 6.09. The molecule has 150 valence electrons. The molecule has 2 aromatic rings. The maximum atomic E-state index is 11.4. The number of carbonyl (C=O) groups is 1. The lowest BCUT2D eigenvalue weighted by Crippen LogP contribution is -2.39. The number of nitrogens with one attached hydrogen (secondary N) is 1. The minimum absolute atomic E-state index is 0. The van der Waals surface area contributed by atoms with E-state index in [4.69, 9.17) is 10.1 Å². The molecule has 1 saturated heterocycles. The summed E-state index contributed by atoms with van der Waals surface area (Å²) in [5.74, 6) is 0.121. The zero-order valence-corrected chi connectivity index (χ0v) is 17.9. The lowest BCUT2D eigenvalue weighted by molar-refractivity contribution is -0.141. The molecular formula is C22H28ClN3O2. The van der Waals surface area contributed by atoms with Gasteiger partial charge < -0.3 is 14.5 Å². The molecule has 1 aliphatic heterocycles. The number of aryl methyl sites for hydroxylation is 4. The van der Waals surface area contributed by atoms with Crippen LogP contribution in [0.4, 0.5) is 11.4 Å². The maximum Gasteiger partial charge on any atom is 0.302 e. The van der Waals surface area contributed by atoms with Crippen molar-refractivity contribution < 1.29 is 9.53 Å². The smallest absolute Gasteiger partial charge is 0.302 e. The summed E-state index contributed by atoms with van der Waals surface area (Å²) in [5.41, 5.74) is 6.56. The van der Waals surface area contributed by atoms with Gasteiger partial charge in [0.05, 0.1) is 18.3 Å². The molecule has 1 heterocycles. The SMILES string of the molecule is CC(=O)OCC1CN(c2c(C)cccc2C)C(=N)N1c1c(C)cccc1C.Cl. The van der Waals surface area contributed by atoms with E-state index in [0.29, 0.717) is 12.5 Å². The highest BCUT2D eigenvalue weighted by atomic mass is 35.5. The van der Waals surface area contributed by atoms with E-state index in [2.05, 4.69) is 52.0 Å². The van der Waals surface area contributed by atoms with Crippen LogP contribution in [0.15, 0.2) is 36.4 Å². The van der Waals surface area contributed by atoms with Crippen molar-refractivity contribution in [3.63, 3.8) is 0 Å². The summed E-state index contributed by atoms with van der Waals surface area (Å²) in [5, 5.41) is 8.95. The van der Waals surface area contributed by atoms with Gasteiger partial charge in [0.25, 0.3) is 0 Å². The van der Waals surface area contributed by atoms with Crippen molar-refractivity contribution in [2.75, 3.05) is 23.0 Å². The van der Waals surface area contributed by atoms with Gasteiger partial charge >= 0.3 is 5.97 Å². The third-order valence-corrected chi connectivity index (χ3v) is 5.11. The van der Waals surface area contributed by atoms with Crippen LogP contribution in [-0.2, 0) is 9.53 Å². The number of para-hydroxylation sites is 2. The van der Waals surface area contributed by atoms with Crippen molar-refractivity contribution in [2.24, 2.45) is 0 Å². The van der Waals surface area contributed by atoms with E-state index in [1.54, 1.807) is 0 Å². The van der Waals surface area contributed by atoms with E-state index < -0.39 is 0 Å². The lowest BCUT2D eigenvalue weighted by atomic mass is 10.1. The minimum atomic E-state index is -0.298. The van der Waals surface area contributed by atoms with Crippen molar-refractivity contribution in [3.05, 3.63) is 58.7 Å². The fourth-order valence-corrected chi connectivity index (χ4v) is 3.93. The van der Waals surface area contributed by atoms with Gasteiger partial charge in [0.15, 0.2) is 0 Å². The Morgan fingerprint density at radius 3 is 1.93 bits per heavy atom. The second-order valence-corrected chi connectivity index (χ2v) is 7.24. The van der Waals surface area contributed by atoms with Crippen molar-refractivity contribution in [3.8, 4) is 0 Å². The topological polar surface area (TPSA) is 56.6 Å². The van der Waals surface area contributed by atoms with Gasteiger partial charge in [-0.2, -0.15) is 0 Å². The fourth-order valence-electron chi connectivity index (χ4n) is 3.93. The van der Waals surface area contributed by atoms with Crippen molar-refractivity contribution in [1.29, 1.82) is 5.41 Å². The third-order valence-electron chi connectivity index (χ3n) is 5.11. The second kappa shape index (κ2) is 8.65. The van der Waals surface area contributed by atoms with Crippen molar-refractivity contribution >= 4 is 35.7 Å². The van der Waals surface area contributed by atoms with Gasteiger partial charge in [-0.05, 0) is 49.9 Å². The Hall–Kier alpha value is -2.53. The van der Waals surface area contributed by atoms with E-state index in [1.807, 2.05) is 21.9 Å². The Labute approximate surface area is 173 Å². The Bertz CT molecular complexity index is 857. The number of halogens is 1. The van der Waals surface area contributed by atoms with E-state index in [0.717, 1.165) is 33.6 Å². The number of hydrogen-bond acceptors (Lipinski definition) is 3. The van der Waals surface area contributed by atoms with Gasteiger partial charge in [-0.25, -0.2) is 0 Å². The number of nitrogens with zero attached hydrogens (tertiary/aromatic N) is 2. The molecule has 1 N–H and O–H groups in total. The minimum Gasteiger partial charge on any atom is -0.464 e. The summed E-state index contributed by atoms with van der Waals surface area (Å²) in [6.45, 7) is 10.5. The van der Waals surface area contributed by atoms with Crippen LogP contribution in [0.2, 0.25) is 0 Å². The highest BCUT2D eigenvalue weighted by Gasteiger charge is 2.39. The van der Waals surface area contributed by atoms with Crippen LogP contribution in [0.5, 0.6) is 0 Å². The van der Waals surface area contributed by atoms with Crippen LogP contribution in [0, 0.1) is 33.1 Å². The fraction of sp³-hybridized carbons (Fsp3) is 0.364. The molecule has 28 heavy (non-hydrogen) atoms. The average molecular weight is 402 g/mol. The standard InChI is InChI=1S/C22H27N3O2.ClH/c1-14-8-6-9-15(2)20(14)24-12-19(13-27-18(5)26)25(22(24)23)21-16(3)10-7-11-17(21)4;/h6-11,19,23H,12-13H2,1-5H3;1H. The molecule has 0 amide bonds. The summed E-state index contributed by atoms with van der Waals surface area (Å²) < 4.78 is 5.35. The maximum absolute atomic E-state index is 11.4. The van der Waals surface area contributed by atoms with Crippen LogP contribution in [-0.4, -0.2) is 31.1 Å². The second-order valence-electron chi connectivity index (χ2n) is 7.24. The Kier molecular flexibility index (Phi) is 6.73. The molecule has 1 aliphatic rings. The van der Waals surface area contributed by atoms with Crippen LogP contribution < -0.4 is 9.80 Å². The first-order valence-corrected chi connectivity index (χ1v) is 9.22. The van der Waals surface area contributed by atoms with E-state index in [1.165, 1.54) is 6.92 Å². The number of benzene rings is 2. The molecule has 6 heteroatoms. The van der Waals surface area contributed by atoms with Crippen LogP contribution >= 0.6 is 12.4 Å². The molecule has 0 spiro atoms. The van der Waals surface area contributed by atoms with E-state index in [9.17, 15) is 4.79 Å². The van der Waals surface area contributed by atoms with E-state index >= 15 is 0 Å². The molecule has 1 atom stereocenters. The number of guanidine groups is 1. The van der Waals surface area contributed by atoms with Gasteiger partial charge in [0, 0.05) is 12.6 Å². The largest absolute Gasteiger partial charge is 0.464 e. The molecule has 0 saturated carbocycles. The van der Waals surface area contributed by atoms with Gasteiger partial charge in [0.1, 0.15) is 6.61 Å². The molecule has 0 radical (unpaired) electrons. The summed E-state index contributed by atoms with van der Waals surface area (Å²) >= 11 is 0. The van der Waals surface area contributed by atoms with Crippen LogP contribution in [0.25, 0.3) is 0 Å². The monoisotopic (exact) mass is 401 g/mol. The predicted octanol–water partition coefficient (Wildman–Crippen LogP) is 4.54. The normalized spacial score (nSPS) is 16.2. The molecule has 0 aromatic heterocycles. The van der Waals surface area contributed by atoms with E-state index in [-0.39, 0.29) is 31.0 Å². The highest BCUT2D eigenvalue weighted by Crippen LogP contribution is 2.35. The Morgan fingerprint density at radius 1 is 1.00 bits per heavy atom. The average Bonchev–Trinajstić information content (AvgIpc) is 2.90. The molecule has 2 aromatic carbocycles. The lowest BCUT2D eigenvalue weighted by Gasteiger charge is -2.28. The number of rotatable bonds is 4. The summed E-state index contributed by atoms with van der Waals surface area (Å²) in [7, 11) is 0. The summed E-state index contributed by atoms with van der Waals surface area (Å²) in [4.78, 5) is 15.5. The quantitative estimate of drug-likeness (QED) is 0.764. The first-order valence-electron chi connectivity index (χ1n) is 9.22. The van der Waals surface area contributed by atoms with Crippen LogP contribution in [0.1, 0.15) is 29.2 Å². The zero-order valence-electron chi connectivity index (χ0n) is 17.1. The van der Waals surface area contributed by atoms with Crippen molar-refractivity contribution in [1.82, 2.24) is 0 Å². The zero-order chi connectivity index (χ0) is 19.7. The molecular weight excluding hydrogens is 374 g/mol. The Balaban J connectivity index is 0.00000280. The number of hydrogen-bond donors (Lipinski definition) is 1. The van der Waals surface area contributed by atoms with Gasteiger partial charge in [-0.1, -0.05) is 36.4 Å². The number of ether oxygens (including phenoxy) is 1. The van der Waals surface area contributed by atoms with Gasteiger partial charge in [-0.15, -0.1) is 12.4 Å². The molecule has 0 bridgehead atoms. The van der Waals surface area contributed by atoms with Crippen LogP contribution in [0.3, 0.4) is 0 Å². The number of carbonyl (C=O) groups excluding carboxylic acids is 1. The molecule has 5 nitrogen and oxygen atoms in total. The molecule has 3 rings (SSSR count). The first kappa shape index (κ1) is 21.8. The van der Waals surface area contributed by atoms with Gasteiger partial charge in [0.2, 0.25) is 5.96 Å². The molecule has 1 fully saturated rings.